The molecule has 0 aliphatic carbocycles. The molecule has 0 saturated carbocycles. The lowest BCUT2D eigenvalue weighted by atomic mass is 10.0. The topological polar surface area (TPSA) is 35.2 Å². The van der Waals surface area contributed by atoms with E-state index in [4.69, 9.17) is 10.5 Å². The first kappa shape index (κ1) is 14.5. The number of rotatable bonds is 5. The fourth-order valence-electron chi connectivity index (χ4n) is 2.55. The number of benzene rings is 3. The molecule has 0 radical (unpaired) electrons. The van der Waals surface area contributed by atoms with Crippen molar-refractivity contribution in [3.63, 3.8) is 0 Å². The Kier molecular flexibility index (Phi) is 4.35. The Morgan fingerprint density at radius 3 is 2.32 bits per heavy atom. The molecule has 3 aromatic rings. The maximum atomic E-state index is 14.3. The van der Waals surface area contributed by atoms with Gasteiger partial charge >= 0.3 is 0 Å². The van der Waals surface area contributed by atoms with Crippen LogP contribution in [0.5, 0.6) is 5.75 Å². The van der Waals surface area contributed by atoms with Crippen molar-refractivity contribution in [3.8, 4) is 5.75 Å². The van der Waals surface area contributed by atoms with Crippen molar-refractivity contribution in [1.29, 1.82) is 0 Å². The quantitative estimate of drug-likeness (QED) is 0.763. The molecule has 112 valence electrons. The van der Waals surface area contributed by atoms with Gasteiger partial charge in [0.15, 0.2) is 12.3 Å². The molecule has 0 saturated heterocycles. The highest BCUT2D eigenvalue weighted by atomic mass is 19.1. The summed E-state index contributed by atoms with van der Waals surface area (Å²) >= 11 is 0. The van der Waals surface area contributed by atoms with Crippen molar-refractivity contribution < 1.29 is 9.13 Å². The van der Waals surface area contributed by atoms with Crippen LogP contribution in [0.1, 0.15) is 11.7 Å². The summed E-state index contributed by atoms with van der Waals surface area (Å²) in [7, 11) is 0. The van der Waals surface area contributed by atoms with Gasteiger partial charge in [0, 0.05) is 11.9 Å². The second kappa shape index (κ2) is 6.58. The first-order valence-electron chi connectivity index (χ1n) is 7.33. The van der Waals surface area contributed by atoms with Gasteiger partial charge < -0.3 is 10.5 Å². The molecule has 3 rings (SSSR count). The molecule has 0 aliphatic heterocycles. The van der Waals surface area contributed by atoms with Crippen LogP contribution in [0.15, 0.2) is 72.8 Å². The average Bonchev–Trinajstić information content (AvgIpc) is 2.60. The first-order valence-corrected chi connectivity index (χ1v) is 7.33. The van der Waals surface area contributed by atoms with Crippen LogP contribution in [0.3, 0.4) is 0 Å². The van der Waals surface area contributed by atoms with E-state index in [-0.39, 0.29) is 6.54 Å². The van der Waals surface area contributed by atoms with E-state index in [1.165, 1.54) is 0 Å². The second-order valence-electron chi connectivity index (χ2n) is 5.18. The fourth-order valence-corrected chi connectivity index (χ4v) is 2.55. The van der Waals surface area contributed by atoms with E-state index < -0.39 is 12.3 Å². The summed E-state index contributed by atoms with van der Waals surface area (Å²) < 4.78 is 20.3. The smallest absolute Gasteiger partial charge is 0.156 e. The largest absolute Gasteiger partial charge is 0.482 e. The second-order valence-corrected chi connectivity index (χ2v) is 5.18. The maximum Gasteiger partial charge on any atom is 0.156 e. The molecule has 0 amide bonds. The molecular weight excluding hydrogens is 277 g/mol. The summed E-state index contributed by atoms with van der Waals surface area (Å²) in [6.45, 7) is -0.0790. The van der Waals surface area contributed by atoms with Crippen LogP contribution in [0, 0.1) is 0 Å². The van der Waals surface area contributed by atoms with Crippen LogP contribution < -0.4 is 10.5 Å². The molecule has 22 heavy (non-hydrogen) atoms. The summed E-state index contributed by atoms with van der Waals surface area (Å²) in [5.74, 6) is 0.669. The van der Waals surface area contributed by atoms with Gasteiger partial charge in [0.05, 0.1) is 0 Å². The van der Waals surface area contributed by atoms with Gasteiger partial charge in [-0.2, -0.15) is 0 Å². The lowest BCUT2D eigenvalue weighted by Crippen LogP contribution is -2.27. The van der Waals surface area contributed by atoms with E-state index in [2.05, 4.69) is 0 Å². The third-order valence-electron chi connectivity index (χ3n) is 3.69. The van der Waals surface area contributed by atoms with Crippen molar-refractivity contribution in [2.75, 3.05) is 6.54 Å². The minimum Gasteiger partial charge on any atom is -0.482 e. The van der Waals surface area contributed by atoms with Crippen molar-refractivity contribution in [2.45, 2.75) is 12.3 Å². The van der Waals surface area contributed by atoms with Gasteiger partial charge in [-0.15, -0.1) is 0 Å². The zero-order chi connectivity index (χ0) is 15.4. The lowest BCUT2D eigenvalue weighted by molar-refractivity contribution is 0.106. The van der Waals surface area contributed by atoms with Crippen LogP contribution in [0.25, 0.3) is 10.8 Å². The Morgan fingerprint density at radius 1 is 0.864 bits per heavy atom. The first-order chi connectivity index (χ1) is 10.8. The van der Waals surface area contributed by atoms with Gasteiger partial charge in [-0.3, -0.25) is 0 Å². The predicted octanol–water partition coefficient (Wildman–Crippen LogP) is 4.26. The van der Waals surface area contributed by atoms with E-state index >= 15 is 0 Å². The molecule has 2 nitrogen and oxygen atoms in total. The van der Waals surface area contributed by atoms with Crippen LogP contribution in [-0.4, -0.2) is 12.7 Å². The molecule has 3 aromatic carbocycles. The molecule has 0 spiro atoms. The van der Waals surface area contributed by atoms with Gasteiger partial charge in [0.1, 0.15) is 5.75 Å². The molecule has 0 heterocycles. The molecule has 3 heteroatoms. The van der Waals surface area contributed by atoms with Crippen LogP contribution >= 0.6 is 0 Å². The standard InChI is InChI=1S/C19H18FNO/c20-17(13-21)19(15-8-2-1-3-9-15)22-18-12-6-10-14-7-4-5-11-16(14)18/h1-12,17,19H,13,21H2/t17-,19-/m0/s1. The SMILES string of the molecule is NC[C@H](F)[C@@H](Oc1cccc2ccccc12)c1ccccc1. The number of hydrogen-bond acceptors (Lipinski definition) is 2. The Hall–Kier alpha value is -2.39. The lowest BCUT2D eigenvalue weighted by Gasteiger charge is -2.23. The monoisotopic (exact) mass is 295 g/mol. The van der Waals surface area contributed by atoms with Crippen molar-refractivity contribution in [1.82, 2.24) is 0 Å². The predicted molar refractivity (Wildman–Crippen MR) is 87.7 cm³/mol. The highest BCUT2D eigenvalue weighted by molar-refractivity contribution is 5.88. The van der Waals surface area contributed by atoms with E-state index in [1.807, 2.05) is 72.8 Å². The third-order valence-corrected chi connectivity index (χ3v) is 3.69. The summed E-state index contributed by atoms with van der Waals surface area (Å²) in [6.07, 6.45) is -1.97. The molecule has 0 aromatic heterocycles. The molecule has 2 atom stereocenters. The van der Waals surface area contributed by atoms with E-state index in [0.29, 0.717) is 5.75 Å². The minimum absolute atomic E-state index is 0.0790. The van der Waals surface area contributed by atoms with E-state index in [1.54, 1.807) is 0 Å². The summed E-state index contributed by atoms with van der Waals surface area (Å²) in [4.78, 5) is 0. The third kappa shape index (κ3) is 2.95. The average molecular weight is 295 g/mol. The van der Waals surface area contributed by atoms with Gasteiger partial charge in [-0.25, -0.2) is 4.39 Å². The molecule has 2 N–H and O–H groups in total. The maximum absolute atomic E-state index is 14.3. The van der Waals surface area contributed by atoms with Gasteiger partial charge in [0.2, 0.25) is 0 Å². The molecule has 0 aliphatic rings. The van der Waals surface area contributed by atoms with Gasteiger partial charge in [-0.05, 0) is 17.0 Å². The Morgan fingerprint density at radius 2 is 1.55 bits per heavy atom. The number of fused-ring (bicyclic) bond motifs is 1. The molecule has 0 unspecified atom stereocenters. The number of hydrogen-bond donors (Lipinski definition) is 1. The van der Waals surface area contributed by atoms with Gasteiger partial charge in [0.25, 0.3) is 0 Å². The highest BCUT2D eigenvalue weighted by Crippen LogP contribution is 2.31. The fraction of sp³-hybridized carbons (Fsp3) is 0.158. The molecule has 0 fully saturated rings. The van der Waals surface area contributed by atoms with Crippen LogP contribution in [-0.2, 0) is 0 Å². The van der Waals surface area contributed by atoms with Crippen molar-refractivity contribution in [2.24, 2.45) is 5.73 Å². The van der Waals surface area contributed by atoms with Crippen molar-refractivity contribution >= 4 is 10.8 Å². The van der Waals surface area contributed by atoms with E-state index in [9.17, 15) is 4.39 Å². The van der Waals surface area contributed by atoms with Gasteiger partial charge in [-0.1, -0.05) is 66.7 Å². The Bertz CT molecular complexity index is 739. The number of alkyl halides is 1. The van der Waals surface area contributed by atoms with Crippen molar-refractivity contribution in [3.05, 3.63) is 78.4 Å². The molecular formula is C19H18FNO. The normalized spacial score (nSPS) is 13.7. The summed E-state index contributed by atoms with van der Waals surface area (Å²) in [5, 5.41) is 2.03. The number of nitrogens with two attached hydrogens (primary N) is 1. The summed E-state index contributed by atoms with van der Waals surface area (Å²) in [6, 6.07) is 23.0. The molecule has 0 bridgehead atoms. The van der Waals surface area contributed by atoms with Crippen LogP contribution in [0.2, 0.25) is 0 Å². The van der Waals surface area contributed by atoms with E-state index in [0.717, 1.165) is 16.3 Å². The Labute approximate surface area is 129 Å². The summed E-state index contributed by atoms with van der Waals surface area (Å²) in [5.41, 5.74) is 6.31. The highest BCUT2D eigenvalue weighted by Gasteiger charge is 2.24. The Balaban J connectivity index is 1.99. The number of ether oxygens (including phenoxy) is 1. The van der Waals surface area contributed by atoms with Crippen LogP contribution in [0.4, 0.5) is 4.39 Å². The number of halogens is 1. The zero-order valence-corrected chi connectivity index (χ0v) is 12.2. The minimum atomic E-state index is -1.26. The zero-order valence-electron chi connectivity index (χ0n) is 12.2.